The maximum atomic E-state index is 12.0. The number of hydrogen-bond acceptors (Lipinski definition) is 4. The predicted molar refractivity (Wildman–Crippen MR) is 61.6 cm³/mol. The Morgan fingerprint density at radius 2 is 2.00 bits per heavy atom. The number of halogens is 3. The maximum Gasteiger partial charge on any atom is 0.399 e. The van der Waals surface area contributed by atoms with E-state index in [2.05, 4.69) is 6.58 Å². The summed E-state index contributed by atoms with van der Waals surface area (Å²) in [6, 6.07) is 0. The Labute approximate surface area is 113 Å². The number of rotatable bonds is 2. The Kier molecular flexibility index (Phi) is 3.80. The second-order valence-electron chi connectivity index (χ2n) is 5.33. The highest BCUT2D eigenvalue weighted by molar-refractivity contribution is 5.90. The summed E-state index contributed by atoms with van der Waals surface area (Å²) in [5.41, 5.74) is -0.182. The van der Waals surface area contributed by atoms with Gasteiger partial charge in [0.1, 0.15) is 18.1 Å². The molecule has 2 rings (SSSR count). The second kappa shape index (κ2) is 5.10. The summed E-state index contributed by atoms with van der Waals surface area (Å²) in [6.45, 7) is 3.61. The number of ether oxygens (including phenoxy) is 2. The zero-order valence-electron chi connectivity index (χ0n) is 10.8. The summed E-state index contributed by atoms with van der Waals surface area (Å²) in [7, 11) is 0. The number of esters is 2. The van der Waals surface area contributed by atoms with Gasteiger partial charge in [-0.1, -0.05) is 6.58 Å². The quantitative estimate of drug-likeness (QED) is 0.580. The average Bonchev–Trinajstić information content (AvgIpc) is 2.56. The van der Waals surface area contributed by atoms with Crippen molar-refractivity contribution >= 4 is 11.9 Å². The smallest absolute Gasteiger partial charge is 0.399 e. The van der Waals surface area contributed by atoms with E-state index in [1.165, 1.54) is 0 Å². The van der Waals surface area contributed by atoms with E-state index >= 15 is 0 Å². The molecule has 0 bridgehead atoms. The Morgan fingerprint density at radius 3 is 2.45 bits per heavy atom. The Balaban J connectivity index is 1.82. The zero-order valence-corrected chi connectivity index (χ0v) is 10.8. The molecule has 0 radical (unpaired) electrons. The van der Waals surface area contributed by atoms with E-state index in [-0.39, 0.29) is 0 Å². The summed E-state index contributed by atoms with van der Waals surface area (Å²) >= 11 is 0. The van der Waals surface area contributed by atoms with Gasteiger partial charge in [0, 0.05) is 12.0 Å². The summed E-state index contributed by atoms with van der Waals surface area (Å²) < 4.78 is 46.1. The largest absolute Gasteiger partial charge is 0.462 e. The lowest BCUT2D eigenvalue weighted by atomic mass is 9.81. The van der Waals surface area contributed by atoms with Crippen LogP contribution in [0.3, 0.4) is 0 Å². The van der Waals surface area contributed by atoms with Crippen molar-refractivity contribution < 1.29 is 32.2 Å². The van der Waals surface area contributed by atoms with E-state index in [0.717, 1.165) is 0 Å². The first-order valence-electron chi connectivity index (χ1n) is 6.36. The molecule has 7 heteroatoms. The Bertz CT molecular complexity index is 415. The fourth-order valence-electron chi connectivity index (χ4n) is 2.67. The molecular formula is C13H15F3O4. The molecule has 2 aliphatic rings. The molecule has 0 N–H and O–H groups in total. The normalized spacial score (nSPS) is 30.4. The maximum absolute atomic E-state index is 12.0. The Hall–Kier alpha value is -1.53. The molecule has 1 saturated carbocycles. The minimum absolute atomic E-state index is 0.393. The molecule has 1 aliphatic carbocycles. The molecule has 1 heterocycles. The summed E-state index contributed by atoms with van der Waals surface area (Å²) in [5, 5.41) is 0. The van der Waals surface area contributed by atoms with E-state index in [4.69, 9.17) is 9.47 Å². The van der Waals surface area contributed by atoms with Gasteiger partial charge < -0.3 is 9.47 Å². The number of carbonyl (C=O) groups excluding carboxylic acids is 2. The standard InChI is InChI=1S/C13H15F3O4/c1-8-6-12(20-11(8)18)4-2-9(3-5-12)19-10(17)7-13(14,15)16/h9H,1-7H2. The molecule has 1 spiro atoms. The van der Waals surface area contributed by atoms with Crippen molar-refractivity contribution in [2.75, 3.05) is 0 Å². The van der Waals surface area contributed by atoms with Gasteiger partial charge in [-0.3, -0.25) is 4.79 Å². The SMILES string of the molecule is C=C1CC2(CCC(OC(=O)CC(F)(F)F)CC2)OC1=O. The van der Waals surface area contributed by atoms with Gasteiger partial charge >= 0.3 is 18.1 Å². The van der Waals surface area contributed by atoms with Crippen LogP contribution in [0.2, 0.25) is 0 Å². The van der Waals surface area contributed by atoms with E-state index in [0.29, 0.717) is 37.7 Å². The zero-order chi connectivity index (χ0) is 15.0. The molecule has 0 amide bonds. The number of carbonyl (C=O) groups is 2. The first-order chi connectivity index (χ1) is 9.19. The molecular weight excluding hydrogens is 277 g/mol. The van der Waals surface area contributed by atoms with E-state index in [1.54, 1.807) is 0 Å². The molecule has 0 unspecified atom stereocenters. The van der Waals surface area contributed by atoms with Crippen LogP contribution in [0.15, 0.2) is 12.2 Å². The fraction of sp³-hybridized carbons (Fsp3) is 0.692. The summed E-state index contributed by atoms with van der Waals surface area (Å²) in [5.74, 6) is -1.68. The van der Waals surface area contributed by atoms with Crippen molar-refractivity contribution in [1.82, 2.24) is 0 Å². The highest BCUT2D eigenvalue weighted by Crippen LogP contribution is 2.42. The minimum atomic E-state index is -4.55. The van der Waals surface area contributed by atoms with E-state index in [1.807, 2.05) is 0 Å². The minimum Gasteiger partial charge on any atom is -0.462 e. The first-order valence-corrected chi connectivity index (χ1v) is 6.36. The van der Waals surface area contributed by atoms with Crippen molar-refractivity contribution in [3.63, 3.8) is 0 Å². The molecule has 0 atom stereocenters. The monoisotopic (exact) mass is 292 g/mol. The van der Waals surface area contributed by atoms with Crippen LogP contribution in [0.1, 0.15) is 38.5 Å². The summed E-state index contributed by atoms with van der Waals surface area (Å²) in [4.78, 5) is 22.4. The van der Waals surface area contributed by atoms with Crippen molar-refractivity contribution in [1.29, 1.82) is 0 Å². The van der Waals surface area contributed by atoms with Gasteiger partial charge in [-0.25, -0.2) is 4.79 Å². The van der Waals surface area contributed by atoms with Crippen LogP contribution in [-0.2, 0) is 19.1 Å². The lowest BCUT2D eigenvalue weighted by molar-refractivity contribution is -0.179. The summed E-state index contributed by atoms with van der Waals surface area (Å²) in [6.07, 6.45) is -4.48. The number of hydrogen-bond donors (Lipinski definition) is 0. The lowest BCUT2D eigenvalue weighted by Gasteiger charge is -2.35. The van der Waals surface area contributed by atoms with Gasteiger partial charge in [0.15, 0.2) is 0 Å². The molecule has 0 aromatic carbocycles. The van der Waals surface area contributed by atoms with Crippen LogP contribution in [0, 0.1) is 0 Å². The van der Waals surface area contributed by atoms with Crippen molar-refractivity contribution in [3.05, 3.63) is 12.2 Å². The highest BCUT2D eigenvalue weighted by Gasteiger charge is 2.46. The van der Waals surface area contributed by atoms with Crippen LogP contribution < -0.4 is 0 Å². The third kappa shape index (κ3) is 3.52. The van der Waals surface area contributed by atoms with Gasteiger partial charge in [0.2, 0.25) is 0 Å². The molecule has 112 valence electrons. The highest BCUT2D eigenvalue weighted by atomic mass is 19.4. The van der Waals surface area contributed by atoms with Gasteiger partial charge in [-0.2, -0.15) is 13.2 Å². The number of alkyl halides is 3. The van der Waals surface area contributed by atoms with E-state index in [9.17, 15) is 22.8 Å². The molecule has 4 nitrogen and oxygen atoms in total. The fourth-order valence-corrected chi connectivity index (χ4v) is 2.67. The lowest BCUT2D eigenvalue weighted by Crippen LogP contribution is -2.37. The topological polar surface area (TPSA) is 52.6 Å². The molecule has 0 aromatic rings. The van der Waals surface area contributed by atoms with Crippen LogP contribution >= 0.6 is 0 Å². The van der Waals surface area contributed by atoms with Gasteiger partial charge in [0.05, 0.1) is 0 Å². The van der Waals surface area contributed by atoms with Crippen LogP contribution in [0.4, 0.5) is 13.2 Å². The average molecular weight is 292 g/mol. The molecule has 0 aromatic heterocycles. The van der Waals surface area contributed by atoms with Crippen molar-refractivity contribution in [2.24, 2.45) is 0 Å². The van der Waals surface area contributed by atoms with Crippen LogP contribution in [0.5, 0.6) is 0 Å². The molecule has 1 saturated heterocycles. The van der Waals surface area contributed by atoms with Crippen LogP contribution in [-0.4, -0.2) is 29.8 Å². The van der Waals surface area contributed by atoms with Crippen molar-refractivity contribution in [3.8, 4) is 0 Å². The molecule has 1 aliphatic heterocycles. The van der Waals surface area contributed by atoms with Gasteiger partial charge in [0.25, 0.3) is 0 Å². The van der Waals surface area contributed by atoms with Crippen molar-refractivity contribution in [2.45, 2.75) is 56.4 Å². The third-order valence-electron chi connectivity index (χ3n) is 3.62. The van der Waals surface area contributed by atoms with Crippen LogP contribution in [0.25, 0.3) is 0 Å². The third-order valence-corrected chi connectivity index (χ3v) is 3.62. The van der Waals surface area contributed by atoms with Gasteiger partial charge in [-0.05, 0) is 25.7 Å². The second-order valence-corrected chi connectivity index (χ2v) is 5.33. The molecule has 2 fully saturated rings. The predicted octanol–water partition coefficient (Wildman–Crippen LogP) is 2.67. The molecule has 20 heavy (non-hydrogen) atoms. The first kappa shape index (κ1) is 14.9. The van der Waals surface area contributed by atoms with Gasteiger partial charge in [-0.15, -0.1) is 0 Å². The van der Waals surface area contributed by atoms with E-state index < -0.39 is 36.2 Å². The Morgan fingerprint density at radius 1 is 1.40 bits per heavy atom.